The number of nitrogens with one attached hydrogen (secondary N) is 2. The van der Waals surface area contributed by atoms with E-state index in [-0.39, 0.29) is 67.6 Å². The molecule has 0 fully saturated rings. The quantitative estimate of drug-likeness (QED) is 0.113. The Labute approximate surface area is 372 Å². The number of fused-ring (bicyclic) bond motifs is 2. The van der Waals surface area contributed by atoms with Gasteiger partial charge < -0.3 is 44.1 Å². The number of rotatable bonds is 16. The topological polar surface area (TPSA) is 206 Å². The van der Waals surface area contributed by atoms with Gasteiger partial charge in [-0.2, -0.15) is 5.26 Å². The summed E-state index contributed by atoms with van der Waals surface area (Å²) >= 11 is 0. The number of anilines is 2. The highest BCUT2D eigenvalue weighted by Gasteiger charge is 2.44. The van der Waals surface area contributed by atoms with E-state index in [9.17, 15) is 29.2 Å². The second-order valence-corrected chi connectivity index (χ2v) is 16.0. The van der Waals surface area contributed by atoms with Crippen LogP contribution in [0.2, 0.25) is 0 Å². The summed E-state index contributed by atoms with van der Waals surface area (Å²) in [5, 5.41) is 17.4. The Morgan fingerprint density at radius 1 is 0.891 bits per heavy atom. The van der Waals surface area contributed by atoms with E-state index in [2.05, 4.69) is 21.4 Å². The van der Waals surface area contributed by atoms with Gasteiger partial charge in [0.2, 0.25) is 5.91 Å². The number of hydrogen-bond acceptors (Lipinski definition) is 12. The zero-order chi connectivity index (χ0) is 46.7. The van der Waals surface area contributed by atoms with Crippen molar-refractivity contribution in [2.45, 2.75) is 64.9 Å². The maximum atomic E-state index is 15.2. The zero-order valence-electron chi connectivity index (χ0n) is 37.3. The van der Waals surface area contributed by atoms with Gasteiger partial charge in [0.15, 0.2) is 0 Å². The molecule has 3 atom stereocenters. The minimum absolute atomic E-state index is 0.0607. The van der Waals surface area contributed by atoms with Gasteiger partial charge in [-0.25, -0.2) is 9.59 Å². The Balaban J connectivity index is 1.49. The van der Waals surface area contributed by atoms with Crippen molar-refractivity contribution in [2.75, 3.05) is 64.0 Å². The number of amides is 5. The van der Waals surface area contributed by atoms with Crippen LogP contribution in [0.15, 0.2) is 78.9 Å². The summed E-state index contributed by atoms with van der Waals surface area (Å²) in [6.07, 6.45) is -0.752. The van der Waals surface area contributed by atoms with Gasteiger partial charge in [0.05, 0.1) is 69.6 Å². The Morgan fingerprint density at radius 2 is 1.58 bits per heavy atom. The number of nitriles is 1. The summed E-state index contributed by atoms with van der Waals surface area (Å²) in [5.41, 5.74) is 0.927. The summed E-state index contributed by atoms with van der Waals surface area (Å²) in [4.78, 5) is 85.3. The highest BCUT2D eigenvalue weighted by molar-refractivity contribution is 6.14. The van der Waals surface area contributed by atoms with E-state index in [1.165, 1.54) is 68.3 Å². The Morgan fingerprint density at radius 3 is 2.25 bits per heavy atom. The molecular formula is C47H54N6O11. The Hall–Kier alpha value is -7.03. The fraction of sp³-hybridized carbons (Fsp3) is 0.383. The molecule has 0 aliphatic carbocycles. The highest BCUT2D eigenvalue weighted by Crippen LogP contribution is 2.40. The van der Waals surface area contributed by atoms with Crippen LogP contribution in [0.4, 0.5) is 16.2 Å². The number of ether oxygens (including phenoxy) is 5. The number of nitrogens with zero attached hydrogens (tertiary/aromatic N) is 4. The van der Waals surface area contributed by atoms with E-state index in [4.69, 9.17) is 18.9 Å². The van der Waals surface area contributed by atoms with Crippen LogP contribution in [0.1, 0.15) is 66.5 Å². The van der Waals surface area contributed by atoms with E-state index < -0.39 is 59.4 Å². The van der Waals surface area contributed by atoms with Gasteiger partial charge in [0.1, 0.15) is 30.0 Å². The molecule has 2 N–H and O–H groups in total. The molecule has 0 unspecified atom stereocenters. The smallest absolute Gasteiger partial charge is 0.410 e. The monoisotopic (exact) mass is 878 g/mol. The molecular weight excluding hydrogens is 825 g/mol. The molecule has 4 aromatic rings. The molecule has 17 heteroatoms. The van der Waals surface area contributed by atoms with Crippen molar-refractivity contribution in [1.29, 1.82) is 5.26 Å². The first kappa shape index (κ1) is 48.0. The molecule has 0 spiro atoms. The fourth-order valence-electron chi connectivity index (χ4n) is 6.96. The minimum Gasteiger partial charge on any atom is -0.496 e. The van der Waals surface area contributed by atoms with Crippen molar-refractivity contribution in [1.82, 2.24) is 15.5 Å². The van der Waals surface area contributed by atoms with Gasteiger partial charge in [0.25, 0.3) is 17.7 Å². The SMILES string of the molecule is COC(=O)COCCOCCNC(=O)c1ccc(C(=O)N2c3cc(C#N)ccc3N(Cc3c(OC)ccc4ccccc34)C(=O)[C@@H](NC(=O)[C@H](C)N(C)C(=O)OC(C)(C)C)[C@@H]2C)cc1. The molecule has 0 saturated heterocycles. The molecule has 0 bridgehead atoms. The van der Waals surface area contributed by atoms with Gasteiger partial charge in [-0.3, -0.25) is 24.1 Å². The molecule has 4 aromatic carbocycles. The van der Waals surface area contributed by atoms with Crippen LogP contribution in [-0.4, -0.2) is 119 Å². The van der Waals surface area contributed by atoms with Crippen LogP contribution in [-0.2, 0) is 39.9 Å². The molecule has 1 aliphatic heterocycles. The van der Waals surface area contributed by atoms with E-state index in [1.807, 2.05) is 30.3 Å². The fourth-order valence-corrected chi connectivity index (χ4v) is 6.96. The standard InChI is InChI=1S/C47H54N6O11/c1-29-41(50-42(55)30(2)51(6)46(59)64-47(3,4)5)45(58)52(27-36-35-12-10-9-11-32(35)18-20-39(36)60-7)37-19-13-31(26-48)25-38(37)53(29)44(57)34-16-14-33(15-17-34)43(56)49-21-22-62-23-24-63-28-40(54)61-8/h9-20,25,29-30,41H,21-24,27-28H2,1-8H3,(H,49,56)(H,50,55)/t29-,30-,41-/m0/s1. The van der Waals surface area contributed by atoms with Crippen LogP contribution < -0.4 is 25.2 Å². The second kappa shape index (κ2) is 21.4. The van der Waals surface area contributed by atoms with Crippen molar-refractivity contribution in [3.05, 3.63) is 101 Å². The molecule has 17 nitrogen and oxygen atoms in total. The van der Waals surface area contributed by atoms with Crippen molar-refractivity contribution < 1.29 is 52.5 Å². The highest BCUT2D eigenvalue weighted by atomic mass is 16.6. The summed E-state index contributed by atoms with van der Waals surface area (Å²) in [6.45, 7) is 8.68. The maximum absolute atomic E-state index is 15.2. The minimum atomic E-state index is -1.39. The van der Waals surface area contributed by atoms with Crippen LogP contribution in [0.5, 0.6) is 5.75 Å². The first-order chi connectivity index (χ1) is 30.5. The largest absolute Gasteiger partial charge is 0.496 e. The van der Waals surface area contributed by atoms with E-state index >= 15 is 4.79 Å². The predicted octanol–water partition coefficient (Wildman–Crippen LogP) is 4.98. The van der Waals surface area contributed by atoms with Crippen molar-refractivity contribution in [3.63, 3.8) is 0 Å². The van der Waals surface area contributed by atoms with Gasteiger partial charge >= 0.3 is 12.1 Å². The maximum Gasteiger partial charge on any atom is 0.410 e. The normalized spacial score (nSPS) is 15.3. The second-order valence-electron chi connectivity index (χ2n) is 16.0. The number of esters is 1. The van der Waals surface area contributed by atoms with Crippen LogP contribution in [0.25, 0.3) is 10.8 Å². The van der Waals surface area contributed by atoms with E-state index in [0.29, 0.717) is 11.3 Å². The third-order valence-electron chi connectivity index (χ3n) is 10.5. The molecule has 0 aromatic heterocycles. The molecule has 5 amide bonds. The van der Waals surface area contributed by atoms with Crippen molar-refractivity contribution in [2.24, 2.45) is 0 Å². The molecule has 64 heavy (non-hydrogen) atoms. The summed E-state index contributed by atoms with van der Waals surface area (Å²) < 4.78 is 26.4. The first-order valence-corrected chi connectivity index (χ1v) is 20.6. The molecule has 1 heterocycles. The van der Waals surface area contributed by atoms with Crippen LogP contribution in [0, 0.1) is 11.3 Å². The molecule has 0 saturated carbocycles. The average molecular weight is 879 g/mol. The van der Waals surface area contributed by atoms with Crippen LogP contribution in [0.3, 0.4) is 0 Å². The van der Waals surface area contributed by atoms with Crippen LogP contribution >= 0.6 is 0 Å². The van der Waals surface area contributed by atoms with Gasteiger partial charge in [-0.15, -0.1) is 0 Å². The van der Waals surface area contributed by atoms with Gasteiger partial charge in [-0.05, 0) is 93.9 Å². The molecule has 0 radical (unpaired) electrons. The Kier molecular flexibility index (Phi) is 16.0. The number of carbonyl (C=O) groups is 6. The number of hydrogen-bond donors (Lipinski definition) is 2. The third kappa shape index (κ3) is 11.5. The van der Waals surface area contributed by atoms with Gasteiger partial charge in [0, 0.05) is 30.3 Å². The van der Waals surface area contributed by atoms with Crippen molar-refractivity contribution >= 4 is 57.8 Å². The van der Waals surface area contributed by atoms with E-state index in [0.717, 1.165) is 15.7 Å². The lowest BCUT2D eigenvalue weighted by Gasteiger charge is -2.34. The van der Waals surface area contributed by atoms with E-state index in [1.54, 1.807) is 45.9 Å². The molecule has 5 rings (SSSR count). The predicted molar refractivity (Wildman–Crippen MR) is 237 cm³/mol. The van der Waals surface area contributed by atoms with Gasteiger partial charge in [-0.1, -0.05) is 30.3 Å². The number of likely N-dealkylation sites (N-methyl/N-ethyl adjacent to an activating group) is 1. The molecule has 1 aliphatic rings. The van der Waals surface area contributed by atoms with Crippen molar-refractivity contribution in [3.8, 4) is 11.8 Å². The summed E-state index contributed by atoms with van der Waals surface area (Å²) in [5.74, 6) is -2.28. The Bertz CT molecular complexity index is 2410. The lowest BCUT2D eigenvalue weighted by atomic mass is 10.0. The lowest BCUT2D eigenvalue weighted by molar-refractivity contribution is -0.146. The number of benzene rings is 4. The number of methoxy groups -OCH3 is 2. The first-order valence-electron chi connectivity index (χ1n) is 20.6. The molecule has 338 valence electrons. The zero-order valence-corrected chi connectivity index (χ0v) is 37.3. The number of carbonyl (C=O) groups excluding carboxylic acids is 6. The average Bonchev–Trinajstić information content (AvgIpc) is 3.36. The summed E-state index contributed by atoms with van der Waals surface area (Å²) in [7, 11) is 4.20. The lowest BCUT2D eigenvalue weighted by Crippen LogP contribution is -2.60. The third-order valence-corrected chi connectivity index (χ3v) is 10.5. The summed E-state index contributed by atoms with van der Waals surface area (Å²) in [6, 6.07) is 20.4.